The predicted octanol–water partition coefficient (Wildman–Crippen LogP) is 3.44. The smallest absolute Gasteiger partial charge is 0.0340 e. The maximum atomic E-state index is 3.54. The lowest BCUT2D eigenvalue weighted by atomic mass is 9.95. The fourth-order valence-electron chi connectivity index (χ4n) is 2.67. The van der Waals surface area contributed by atoms with E-state index in [0.29, 0.717) is 0 Å². The van der Waals surface area contributed by atoms with Crippen molar-refractivity contribution < 1.29 is 0 Å². The van der Waals surface area contributed by atoms with Crippen molar-refractivity contribution >= 4 is 5.69 Å². The van der Waals surface area contributed by atoms with Crippen molar-refractivity contribution in [1.29, 1.82) is 0 Å². The number of hydrogen-bond donors (Lipinski definition) is 2. The molecule has 2 N–H and O–H groups in total. The zero-order valence-electron chi connectivity index (χ0n) is 11.5. The molecule has 1 aromatic rings. The van der Waals surface area contributed by atoms with E-state index < -0.39 is 0 Å². The molecule has 1 aliphatic rings. The number of nitrogens with one attached hydrogen (secondary N) is 2. The standard InChI is InChI=1S/C16H26N2/c1-2-3-14-4-6-16(7-5-14)18-13-10-15-8-11-17-12-9-15/h4-7,15,17-18H,2-3,8-13H2,1H3. The summed E-state index contributed by atoms with van der Waals surface area (Å²) in [4.78, 5) is 0. The van der Waals surface area contributed by atoms with Crippen LogP contribution in [0.2, 0.25) is 0 Å². The highest BCUT2D eigenvalue weighted by Gasteiger charge is 2.11. The Hall–Kier alpha value is -1.02. The van der Waals surface area contributed by atoms with Gasteiger partial charge < -0.3 is 10.6 Å². The van der Waals surface area contributed by atoms with Crippen molar-refractivity contribution in [3.63, 3.8) is 0 Å². The van der Waals surface area contributed by atoms with E-state index in [9.17, 15) is 0 Å². The van der Waals surface area contributed by atoms with Crippen molar-refractivity contribution in [1.82, 2.24) is 5.32 Å². The molecule has 0 bridgehead atoms. The first-order valence-corrected chi connectivity index (χ1v) is 7.42. The molecule has 0 spiro atoms. The minimum Gasteiger partial charge on any atom is -0.385 e. The molecule has 1 aromatic carbocycles. The van der Waals surface area contributed by atoms with Gasteiger partial charge in [-0.15, -0.1) is 0 Å². The van der Waals surface area contributed by atoms with Crippen LogP contribution in [0.15, 0.2) is 24.3 Å². The summed E-state index contributed by atoms with van der Waals surface area (Å²) in [6, 6.07) is 8.92. The normalized spacial score (nSPS) is 16.7. The van der Waals surface area contributed by atoms with Crippen molar-refractivity contribution in [2.24, 2.45) is 5.92 Å². The molecule has 2 heteroatoms. The minimum atomic E-state index is 0.915. The highest BCUT2D eigenvalue weighted by atomic mass is 14.9. The summed E-state index contributed by atoms with van der Waals surface area (Å²) in [6.07, 6.45) is 6.41. The van der Waals surface area contributed by atoms with E-state index in [1.165, 1.54) is 56.4 Å². The van der Waals surface area contributed by atoms with Gasteiger partial charge in [-0.3, -0.25) is 0 Å². The number of anilines is 1. The number of hydrogen-bond acceptors (Lipinski definition) is 2. The van der Waals surface area contributed by atoms with Crippen LogP contribution in [0, 0.1) is 5.92 Å². The van der Waals surface area contributed by atoms with E-state index in [1.54, 1.807) is 0 Å². The van der Waals surface area contributed by atoms with Crippen LogP contribution in [0.5, 0.6) is 0 Å². The summed E-state index contributed by atoms with van der Waals surface area (Å²) in [5, 5.41) is 6.96. The third-order valence-corrected chi connectivity index (χ3v) is 3.83. The Morgan fingerprint density at radius 2 is 1.89 bits per heavy atom. The maximum absolute atomic E-state index is 3.54. The Bertz CT molecular complexity index is 325. The summed E-state index contributed by atoms with van der Waals surface area (Å²) >= 11 is 0. The third-order valence-electron chi connectivity index (χ3n) is 3.83. The molecule has 2 rings (SSSR count). The molecular formula is C16H26N2. The molecule has 0 atom stereocenters. The average molecular weight is 246 g/mol. The average Bonchev–Trinajstić information content (AvgIpc) is 2.42. The fraction of sp³-hybridized carbons (Fsp3) is 0.625. The van der Waals surface area contributed by atoms with E-state index in [4.69, 9.17) is 0 Å². The van der Waals surface area contributed by atoms with Crippen LogP contribution in [0.4, 0.5) is 5.69 Å². The van der Waals surface area contributed by atoms with Crippen molar-refractivity contribution in [3.8, 4) is 0 Å². The fourth-order valence-corrected chi connectivity index (χ4v) is 2.67. The van der Waals surface area contributed by atoms with Gasteiger partial charge in [0.05, 0.1) is 0 Å². The summed E-state index contributed by atoms with van der Waals surface area (Å²) in [6.45, 7) is 5.75. The molecule has 2 nitrogen and oxygen atoms in total. The van der Waals surface area contributed by atoms with Crippen LogP contribution in [0.25, 0.3) is 0 Å². The maximum Gasteiger partial charge on any atom is 0.0340 e. The van der Waals surface area contributed by atoms with Gasteiger partial charge in [-0.2, -0.15) is 0 Å². The second-order valence-electron chi connectivity index (χ2n) is 5.36. The Morgan fingerprint density at radius 3 is 2.56 bits per heavy atom. The SMILES string of the molecule is CCCc1ccc(NCCC2CCNCC2)cc1. The lowest BCUT2D eigenvalue weighted by molar-refractivity contribution is 0.361. The third kappa shape index (κ3) is 4.34. The van der Waals surface area contributed by atoms with Crippen LogP contribution in [-0.4, -0.2) is 19.6 Å². The van der Waals surface area contributed by atoms with Gasteiger partial charge >= 0.3 is 0 Å². The molecule has 18 heavy (non-hydrogen) atoms. The molecule has 1 saturated heterocycles. The highest BCUT2D eigenvalue weighted by molar-refractivity contribution is 5.44. The Balaban J connectivity index is 1.69. The highest BCUT2D eigenvalue weighted by Crippen LogP contribution is 2.16. The molecule has 1 fully saturated rings. The molecule has 1 heterocycles. The zero-order valence-corrected chi connectivity index (χ0v) is 11.5. The molecule has 0 saturated carbocycles. The first-order valence-electron chi connectivity index (χ1n) is 7.42. The second kappa shape index (κ2) is 7.42. The van der Waals surface area contributed by atoms with Gasteiger partial charge in [-0.1, -0.05) is 25.5 Å². The van der Waals surface area contributed by atoms with Crippen LogP contribution in [0.3, 0.4) is 0 Å². The summed E-state index contributed by atoms with van der Waals surface area (Å²) in [5.74, 6) is 0.915. The van der Waals surface area contributed by atoms with Crippen molar-refractivity contribution in [2.75, 3.05) is 25.0 Å². The zero-order chi connectivity index (χ0) is 12.6. The van der Waals surface area contributed by atoms with Crippen LogP contribution in [0.1, 0.15) is 38.2 Å². The van der Waals surface area contributed by atoms with E-state index in [0.717, 1.165) is 12.5 Å². The lowest BCUT2D eigenvalue weighted by Gasteiger charge is -2.22. The van der Waals surface area contributed by atoms with Gasteiger partial charge in [0.1, 0.15) is 0 Å². The van der Waals surface area contributed by atoms with E-state index in [-0.39, 0.29) is 0 Å². The topological polar surface area (TPSA) is 24.1 Å². The molecule has 1 aliphatic heterocycles. The second-order valence-corrected chi connectivity index (χ2v) is 5.36. The van der Waals surface area contributed by atoms with Gasteiger partial charge in [0.2, 0.25) is 0 Å². The summed E-state index contributed by atoms with van der Waals surface area (Å²) in [7, 11) is 0. The Labute approximate surface area is 111 Å². The van der Waals surface area contributed by atoms with E-state index >= 15 is 0 Å². The monoisotopic (exact) mass is 246 g/mol. The van der Waals surface area contributed by atoms with Gasteiger partial charge in [0.15, 0.2) is 0 Å². The van der Waals surface area contributed by atoms with Crippen molar-refractivity contribution in [2.45, 2.75) is 39.0 Å². The van der Waals surface area contributed by atoms with Gasteiger partial charge in [-0.05, 0) is 62.4 Å². The first kappa shape index (κ1) is 13.4. The van der Waals surface area contributed by atoms with Crippen LogP contribution >= 0.6 is 0 Å². The van der Waals surface area contributed by atoms with E-state index in [2.05, 4.69) is 41.8 Å². The van der Waals surface area contributed by atoms with Gasteiger partial charge in [0.25, 0.3) is 0 Å². The summed E-state index contributed by atoms with van der Waals surface area (Å²) < 4.78 is 0. The molecule has 0 unspecified atom stereocenters. The molecule has 0 aromatic heterocycles. The van der Waals surface area contributed by atoms with Crippen LogP contribution < -0.4 is 10.6 Å². The van der Waals surface area contributed by atoms with E-state index in [1.807, 2.05) is 0 Å². The number of aryl methyl sites for hydroxylation is 1. The van der Waals surface area contributed by atoms with Gasteiger partial charge in [0, 0.05) is 12.2 Å². The first-order chi connectivity index (χ1) is 8.88. The Kier molecular flexibility index (Phi) is 5.53. The minimum absolute atomic E-state index is 0.915. The molecule has 0 amide bonds. The summed E-state index contributed by atoms with van der Waals surface area (Å²) in [5.41, 5.74) is 2.71. The molecule has 0 radical (unpaired) electrons. The number of piperidine rings is 1. The van der Waals surface area contributed by atoms with Crippen LogP contribution in [-0.2, 0) is 6.42 Å². The number of rotatable bonds is 6. The van der Waals surface area contributed by atoms with Crippen molar-refractivity contribution in [3.05, 3.63) is 29.8 Å². The van der Waals surface area contributed by atoms with Gasteiger partial charge in [-0.25, -0.2) is 0 Å². The Morgan fingerprint density at radius 1 is 1.17 bits per heavy atom. The predicted molar refractivity (Wildman–Crippen MR) is 79.1 cm³/mol. The lowest BCUT2D eigenvalue weighted by Crippen LogP contribution is -2.28. The quantitative estimate of drug-likeness (QED) is 0.803. The molecule has 0 aliphatic carbocycles. The molecule has 100 valence electrons. The largest absolute Gasteiger partial charge is 0.385 e. The number of benzene rings is 1. The molecular weight excluding hydrogens is 220 g/mol.